The molecule has 3 aliphatic rings. The highest BCUT2D eigenvalue weighted by Crippen LogP contribution is 2.65. The molecule has 3 rings (SSSR count). The average Bonchev–Trinajstić information content (AvgIpc) is 2.82. The summed E-state index contributed by atoms with van der Waals surface area (Å²) in [6, 6.07) is 0. The lowest BCUT2D eigenvalue weighted by Gasteiger charge is -2.39. The molecule has 2 aliphatic carbocycles. The molecule has 1 saturated heterocycles. The largest absolute Gasteiger partial charge is 0.442 e. The monoisotopic (exact) mass is 278 g/mol. The second-order valence-electron chi connectivity index (χ2n) is 7.73. The Balaban J connectivity index is 1.96. The van der Waals surface area contributed by atoms with Crippen molar-refractivity contribution < 1.29 is 9.53 Å². The normalized spacial score (nSPS) is 38.6. The maximum absolute atomic E-state index is 12.3. The second-order valence-corrected chi connectivity index (χ2v) is 7.73. The number of nitrogens with zero attached hydrogens (tertiary/aromatic N) is 2. The summed E-state index contributed by atoms with van der Waals surface area (Å²) in [6.45, 7) is 10.9. The smallest absolute Gasteiger partial charge is 0.431 e. The predicted molar refractivity (Wildman–Crippen MR) is 78.5 cm³/mol. The molecule has 0 radical (unpaired) electrons. The first-order chi connectivity index (χ1) is 9.29. The molecule has 2 saturated carbocycles. The summed E-state index contributed by atoms with van der Waals surface area (Å²) < 4.78 is 5.64. The van der Waals surface area contributed by atoms with Crippen molar-refractivity contribution in [2.45, 2.75) is 71.9 Å². The van der Waals surface area contributed by atoms with Gasteiger partial charge in [-0.25, -0.2) is 4.79 Å². The van der Waals surface area contributed by atoms with Crippen LogP contribution in [0.5, 0.6) is 0 Å². The van der Waals surface area contributed by atoms with E-state index in [2.05, 4.69) is 32.8 Å². The standard InChI is InChI=1S/C16H26N2O2/c1-10(2)8-11(3)17-18-14(19)20-13-9-12-6-7-16(13,18)15(12,4)5/h10,12-13H,6-9H2,1-5H3/b17-11+/t12-,13-,16+/m1/s1. The van der Waals surface area contributed by atoms with Crippen LogP contribution in [0, 0.1) is 17.3 Å². The number of amides is 1. The molecule has 3 fully saturated rings. The van der Waals surface area contributed by atoms with Gasteiger partial charge in [0.2, 0.25) is 0 Å². The first kappa shape index (κ1) is 13.9. The highest BCUT2D eigenvalue weighted by atomic mass is 16.6. The highest BCUT2D eigenvalue weighted by Gasteiger charge is 2.73. The SMILES string of the molecule is C/C(CC(C)C)=N\N1C(=O)O[C@@H]2C[C@H]3CC[C@@]21C3(C)C. The first-order valence-electron chi connectivity index (χ1n) is 7.84. The van der Waals surface area contributed by atoms with Gasteiger partial charge in [0.1, 0.15) is 11.6 Å². The van der Waals surface area contributed by atoms with Gasteiger partial charge in [-0.3, -0.25) is 0 Å². The Morgan fingerprint density at radius 2 is 2.20 bits per heavy atom. The van der Waals surface area contributed by atoms with Gasteiger partial charge in [-0.2, -0.15) is 10.1 Å². The van der Waals surface area contributed by atoms with Crippen molar-refractivity contribution in [1.82, 2.24) is 5.01 Å². The molecule has 0 aromatic rings. The number of ether oxygens (including phenoxy) is 1. The summed E-state index contributed by atoms with van der Waals surface area (Å²) in [7, 11) is 0. The van der Waals surface area contributed by atoms with Gasteiger partial charge < -0.3 is 4.74 Å². The molecule has 1 spiro atoms. The molecule has 112 valence electrons. The van der Waals surface area contributed by atoms with Gasteiger partial charge in [-0.1, -0.05) is 27.7 Å². The van der Waals surface area contributed by atoms with E-state index in [1.54, 1.807) is 5.01 Å². The number of hydrazone groups is 1. The van der Waals surface area contributed by atoms with Crippen molar-refractivity contribution in [2.24, 2.45) is 22.4 Å². The molecule has 2 bridgehead atoms. The van der Waals surface area contributed by atoms with E-state index in [1.165, 1.54) is 6.42 Å². The molecule has 3 atom stereocenters. The van der Waals surface area contributed by atoms with Crippen molar-refractivity contribution in [3.8, 4) is 0 Å². The van der Waals surface area contributed by atoms with Crippen molar-refractivity contribution >= 4 is 11.8 Å². The average molecular weight is 278 g/mol. The molecular weight excluding hydrogens is 252 g/mol. The maximum atomic E-state index is 12.3. The lowest BCUT2D eigenvalue weighted by atomic mass is 9.75. The molecule has 0 aromatic carbocycles. The van der Waals surface area contributed by atoms with E-state index in [0.29, 0.717) is 11.8 Å². The Labute approximate surface area is 121 Å². The van der Waals surface area contributed by atoms with Crippen molar-refractivity contribution in [3.05, 3.63) is 0 Å². The Morgan fingerprint density at radius 3 is 2.80 bits per heavy atom. The van der Waals surface area contributed by atoms with E-state index >= 15 is 0 Å². The van der Waals surface area contributed by atoms with Gasteiger partial charge in [0, 0.05) is 5.71 Å². The fraction of sp³-hybridized carbons (Fsp3) is 0.875. The summed E-state index contributed by atoms with van der Waals surface area (Å²) in [5.41, 5.74) is 0.927. The van der Waals surface area contributed by atoms with Crippen LogP contribution in [0.1, 0.15) is 60.3 Å². The minimum atomic E-state index is -0.244. The van der Waals surface area contributed by atoms with Crippen LogP contribution in [0.25, 0.3) is 0 Å². The van der Waals surface area contributed by atoms with Crippen LogP contribution in [0.4, 0.5) is 4.79 Å². The lowest BCUT2D eigenvalue weighted by Crippen LogP contribution is -2.53. The molecule has 0 aromatic heterocycles. The van der Waals surface area contributed by atoms with Crippen LogP contribution in [0.2, 0.25) is 0 Å². The lowest BCUT2D eigenvalue weighted by molar-refractivity contribution is 0.0568. The first-order valence-corrected chi connectivity index (χ1v) is 7.84. The number of fused-ring (bicyclic) bond motifs is 1. The van der Waals surface area contributed by atoms with E-state index in [-0.39, 0.29) is 23.2 Å². The molecule has 0 unspecified atom stereocenters. The molecule has 4 heteroatoms. The van der Waals surface area contributed by atoms with E-state index in [4.69, 9.17) is 4.74 Å². The number of rotatable bonds is 3. The third-order valence-electron chi connectivity index (χ3n) is 5.81. The van der Waals surface area contributed by atoms with E-state index in [9.17, 15) is 4.79 Å². The summed E-state index contributed by atoms with van der Waals surface area (Å²) >= 11 is 0. The number of hydrogen-bond acceptors (Lipinski definition) is 3. The highest BCUT2D eigenvalue weighted by molar-refractivity contribution is 5.84. The predicted octanol–water partition coefficient (Wildman–Crippen LogP) is 3.81. The zero-order valence-corrected chi connectivity index (χ0v) is 13.3. The second kappa shape index (κ2) is 4.22. The molecule has 0 N–H and O–H groups in total. The maximum Gasteiger partial charge on any atom is 0.431 e. The van der Waals surface area contributed by atoms with Gasteiger partial charge in [0.15, 0.2) is 0 Å². The minimum Gasteiger partial charge on any atom is -0.442 e. The molecule has 1 amide bonds. The third kappa shape index (κ3) is 1.60. The van der Waals surface area contributed by atoms with Gasteiger partial charge in [0.25, 0.3) is 0 Å². The van der Waals surface area contributed by atoms with Gasteiger partial charge >= 0.3 is 6.09 Å². The van der Waals surface area contributed by atoms with Gasteiger partial charge in [-0.05, 0) is 49.9 Å². The molecule has 1 aliphatic heterocycles. The quantitative estimate of drug-likeness (QED) is 0.737. The van der Waals surface area contributed by atoms with Crippen molar-refractivity contribution in [1.29, 1.82) is 0 Å². The van der Waals surface area contributed by atoms with E-state index < -0.39 is 0 Å². The fourth-order valence-corrected chi connectivity index (χ4v) is 4.80. The summed E-state index contributed by atoms with van der Waals surface area (Å²) in [5, 5.41) is 6.39. The zero-order valence-electron chi connectivity index (χ0n) is 13.3. The van der Waals surface area contributed by atoms with Crippen LogP contribution in [-0.4, -0.2) is 28.5 Å². The third-order valence-corrected chi connectivity index (χ3v) is 5.81. The minimum absolute atomic E-state index is 0.0411. The summed E-state index contributed by atoms with van der Waals surface area (Å²) in [4.78, 5) is 12.3. The van der Waals surface area contributed by atoms with E-state index in [1.807, 2.05) is 6.92 Å². The van der Waals surface area contributed by atoms with Crippen LogP contribution in [0.3, 0.4) is 0 Å². The molecule has 20 heavy (non-hydrogen) atoms. The Kier molecular flexibility index (Phi) is 2.93. The van der Waals surface area contributed by atoms with Crippen LogP contribution in [0.15, 0.2) is 5.10 Å². The van der Waals surface area contributed by atoms with Gasteiger partial charge in [0.05, 0.1) is 0 Å². The van der Waals surface area contributed by atoms with Crippen LogP contribution >= 0.6 is 0 Å². The molecule has 4 nitrogen and oxygen atoms in total. The van der Waals surface area contributed by atoms with Gasteiger partial charge in [-0.15, -0.1) is 0 Å². The number of hydrogen-bond donors (Lipinski definition) is 0. The number of carbonyl (C=O) groups excluding carboxylic acids is 1. The molecular formula is C16H26N2O2. The van der Waals surface area contributed by atoms with Crippen LogP contribution < -0.4 is 0 Å². The van der Waals surface area contributed by atoms with Crippen molar-refractivity contribution in [2.75, 3.05) is 0 Å². The number of carbonyl (C=O) groups is 1. The van der Waals surface area contributed by atoms with E-state index in [0.717, 1.165) is 25.0 Å². The Hall–Kier alpha value is -1.06. The summed E-state index contributed by atoms with van der Waals surface area (Å²) in [5.74, 6) is 1.21. The molecule has 1 heterocycles. The topological polar surface area (TPSA) is 41.9 Å². The summed E-state index contributed by atoms with van der Waals surface area (Å²) in [6.07, 6.45) is 3.95. The Morgan fingerprint density at radius 1 is 1.50 bits per heavy atom. The van der Waals surface area contributed by atoms with Crippen LogP contribution in [-0.2, 0) is 4.74 Å². The Bertz CT molecular complexity index is 469. The van der Waals surface area contributed by atoms with Crippen molar-refractivity contribution in [3.63, 3.8) is 0 Å². The zero-order chi connectivity index (χ0) is 14.7. The fourth-order valence-electron chi connectivity index (χ4n) is 4.80.